The van der Waals surface area contributed by atoms with Crippen LogP contribution in [0.1, 0.15) is 44.4 Å². The predicted octanol–water partition coefficient (Wildman–Crippen LogP) is 3.21. The zero-order chi connectivity index (χ0) is 25.5. The van der Waals surface area contributed by atoms with E-state index in [1.54, 1.807) is 48.1 Å². The van der Waals surface area contributed by atoms with Crippen LogP contribution in [0.4, 0.5) is 0 Å². The number of benzene rings is 1. The number of rotatable bonds is 9. The first-order chi connectivity index (χ1) is 17.5. The van der Waals surface area contributed by atoms with Gasteiger partial charge in [-0.1, -0.05) is 18.2 Å². The molecule has 2 fully saturated rings. The van der Waals surface area contributed by atoms with Crippen LogP contribution in [-0.2, 0) is 23.9 Å². The summed E-state index contributed by atoms with van der Waals surface area (Å²) in [6.07, 6.45) is 3.65. The molecule has 0 saturated carbocycles. The van der Waals surface area contributed by atoms with Crippen molar-refractivity contribution < 1.29 is 33.0 Å². The molecule has 1 spiro atoms. The first kappa shape index (κ1) is 25.8. The number of ether oxygens (including phenoxy) is 3. The Hall–Kier alpha value is -3.33. The van der Waals surface area contributed by atoms with Crippen LogP contribution in [0.5, 0.6) is 5.75 Å². The second-order valence-corrected chi connectivity index (χ2v) is 9.16. The fourth-order valence-corrected chi connectivity index (χ4v) is 5.44. The molecule has 0 aliphatic carbocycles. The van der Waals surface area contributed by atoms with Gasteiger partial charge >= 0.3 is 5.97 Å². The number of furan rings is 1. The Morgan fingerprint density at radius 1 is 1.14 bits per heavy atom. The van der Waals surface area contributed by atoms with Crippen molar-refractivity contribution in [1.29, 1.82) is 0 Å². The smallest absolute Gasteiger partial charge is 0.311 e. The van der Waals surface area contributed by atoms with Gasteiger partial charge < -0.3 is 28.4 Å². The molecule has 9 nitrogen and oxygen atoms in total. The summed E-state index contributed by atoms with van der Waals surface area (Å²) in [7, 11) is 1.59. The SMILES string of the molecule is CCOC(=O)[C@H]1C[C@]2(CCCCN(CCOC)C2=O)N(C(=O)COc2ccccc2)[C@H]1c1ccco1. The van der Waals surface area contributed by atoms with Gasteiger partial charge in [-0.15, -0.1) is 0 Å². The molecule has 0 unspecified atom stereocenters. The fourth-order valence-electron chi connectivity index (χ4n) is 5.44. The van der Waals surface area contributed by atoms with Gasteiger partial charge in [0.05, 0.1) is 25.4 Å². The molecule has 0 N–H and O–H groups in total. The van der Waals surface area contributed by atoms with Gasteiger partial charge in [0.25, 0.3) is 5.91 Å². The molecule has 2 amide bonds. The fraction of sp³-hybridized carbons (Fsp3) is 0.519. The molecule has 0 bridgehead atoms. The van der Waals surface area contributed by atoms with Crippen LogP contribution >= 0.6 is 0 Å². The zero-order valence-electron chi connectivity index (χ0n) is 20.9. The maximum Gasteiger partial charge on any atom is 0.311 e. The van der Waals surface area contributed by atoms with E-state index in [0.29, 0.717) is 37.6 Å². The number of methoxy groups -OCH3 is 1. The Bertz CT molecular complexity index is 1030. The number of para-hydroxylation sites is 1. The van der Waals surface area contributed by atoms with Crippen molar-refractivity contribution in [1.82, 2.24) is 9.80 Å². The molecule has 0 radical (unpaired) electrons. The summed E-state index contributed by atoms with van der Waals surface area (Å²) in [5.41, 5.74) is -1.21. The van der Waals surface area contributed by atoms with Crippen LogP contribution in [0.3, 0.4) is 0 Å². The maximum absolute atomic E-state index is 14.2. The molecule has 4 rings (SSSR count). The zero-order valence-corrected chi connectivity index (χ0v) is 20.9. The lowest BCUT2D eigenvalue weighted by atomic mass is 9.85. The van der Waals surface area contributed by atoms with E-state index in [2.05, 4.69) is 0 Å². The second kappa shape index (κ2) is 11.6. The van der Waals surface area contributed by atoms with Gasteiger partial charge in [-0.25, -0.2) is 0 Å². The van der Waals surface area contributed by atoms with Crippen molar-refractivity contribution in [2.45, 2.75) is 44.2 Å². The maximum atomic E-state index is 14.2. The van der Waals surface area contributed by atoms with Gasteiger partial charge in [-0.3, -0.25) is 14.4 Å². The van der Waals surface area contributed by atoms with Crippen molar-refractivity contribution in [3.63, 3.8) is 0 Å². The summed E-state index contributed by atoms with van der Waals surface area (Å²) < 4.78 is 22.2. The molecule has 3 atom stereocenters. The first-order valence-corrected chi connectivity index (χ1v) is 12.5. The average Bonchev–Trinajstić information content (AvgIpc) is 3.50. The molecular weight excluding hydrogens is 464 g/mol. The minimum absolute atomic E-state index is 0.163. The summed E-state index contributed by atoms with van der Waals surface area (Å²) in [6, 6.07) is 11.7. The Balaban J connectivity index is 1.75. The largest absolute Gasteiger partial charge is 0.484 e. The Morgan fingerprint density at radius 3 is 2.64 bits per heavy atom. The van der Waals surface area contributed by atoms with Gasteiger partial charge in [0.1, 0.15) is 23.1 Å². The number of carbonyl (C=O) groups is 3. The molecule has 1 aromatic carbocycles. The highest BCUT2D eigenvalue weighted by Crippen LogP contribution is 2.51. The summed E-state index contributed by atoms with van der Waals surface area (Å²) in [5, 5.41) is 0. The van der Waals surface area contributed by atoms with Crippen LogP contribution in [0.25, 0.3) is 0 Å². The Kier molecular flexibility index (Phi) is 8.30. The van der Waals surface area contributed by atoms with E-state index < -0.39 is 23.5 Å². The van der Waals surface area contributed by atoms with Crippen molar-refractivity contribution in [2.24, 2.45) is 5.92 Å². The lowest BCUT2D eigenvalue weighted by molar-refractivity contribution is -0.155. The Labute approximate surface area is 211 Å². The molecule has 2 aliphatic rings. The van der Waals surface area contributed by atoms with Crippen LogP contribution in [0.15, 0.2) is 53.1 Å². The minimum Gasteiger partial charge on any atom is -0.484 e. The van der Waals surface area contributed by atoms with Gasteiger partial charge in [-0.05, 0) is 56.9 Å². The standard InChI is InChI=1S/C27H34N2O7/c1-3-34-25(31)21-18-27(13-7-8-14-28(26(27)32)15-17-33-2)29(24(21)22-12-9-16-35-22)23(30)19-36-20-10-5-4-6-11-20/h4-6,9-12,16,21,24H,3,7-8,13-15,17-19H2,1-2H3/t21-,24+,27-/m0/s1. The third kappa shape index (κ3) is 5.11. The van der Waals surface area contributed by atoms with E-state index in [0.717, 1.165) is 12.8 Å². The molecule has 2 aromatic rings. The van der Waals surface area contributed by atoms with Gasteiger partial charge in [0.15, 0.2) is 6.61 Å². The van der Waals surface area contributed by atoms with E-state index in [4.69, 9.17) is 18.6 Å². The number of hydrogen-bond acceptors (Lipinski definition) is 7. The van der Waals surface area contributed by atoms with Gasteiger partial charge in [0.2, 0.25) is 5.91 Å². The van der Waals surface area contributed by atoms with Gasteiger partial charge in [0, 0.05) is 20.2 Å². The number of carbonyl (C=O) groups excluding carboxylic acids is 3. The van der Waals surface area contributed by atoms with Crippen molar-refractivity contribution >= 4 is 17.8 Å². The van der Waals surface area contributed by atoms with Crippen molar-refractivity contribution in [3.8, 4) is 5.75 Å². The van der Waals surface area contributed by atoms with Crippen LogP contribution in [-0.4, -0.2) is 73.1 Å². The third-order valence-electron chi connectivity index (χ3n) is 7.00. The number of likely N-dealkylation sites (tertiary alicyclic amines) is 2. The van der Waals surface area contributed by atoms with Crippen molar-refractivity contribution in [3.05, 3.63) is 54.5 Å². The molecule has 3 heterocycles. The molecule has 36 heavy (non-hydrogen) atoms. The summed E-state index contributed by atoms with van der Waals surface area (Å²) >= 11 is 0. The average molecular weight is 499 g/mol. The first-order valence-electron chi connectivity index (χ1n) is 12.5. The topological polar surface area (TPSA) is 98.5 Å². The minimum atomic E-state index is -1.21. The number of nitrogens with zero attached hydrogens (tertiary/aromatic N) is 2. The highest BCUT2D eigenvalue weighted by Gasteiger charge is 2.62. The molecular formula is C27H34N2O7. The number of amides is 2. The lowest BCUT2D eigenvalue weighted by Gasteiger charge is -2.40. The van der Waals surface area contributed by atoms with E-state index in [1.165, 1.54) is 6.26 Å². The van der Waals surface area contributed by atoms with E-state index in [9.17, 15) is 14.4 Å². The normalized spacial score (nSPS) is 24.1. The van der Waals surface area contributed by atoms with Crippen LogP contribution < -0.4 is 4.74 Å². The van der Waals surface area contributed by atoms with E-state index in [-0.39, 0.29) is 31.4 Å². The van der Waals surface area contributed by atoms with E-state index in [1.807, 2.05) is 18.2 Å². The van der Waals surface area contributed by atoms with Crippen LogP contribution in [0.2, 0.25) is 0 Å². The number of hydrogen-bond donors (Lipinski definition) is 0. The van der Waals surface area contributed by atoms with Crippen LogP contribution in [0, 0.1) is 5.92 Å². The Morgan fingerprint density at radius 2 is 1.94 bits per heavy atom. The summed E-state index contributed by atoms with van der Waals surface area (Å²) in [5.74, 6) is -0.758. The van der Waals surface area contributed by atoms with Gasteiger partial charge in [-0.2, -0.15) is 0 Å². The summed E-state index contributed by atoms with van der Waals surface area (Å²) in [4.78, 5) is 44.6. The molecule has 194 valence electrons. The quantitative estimate of drug-likeness (QED) is 0.490. The molecule has 1 aromatic heterocycles. The molecule has 2 saturated heterocycles. The second-order valence-electron chi connectivity index (χ2n) is 9.16. The highest BCUT2D eigenvalue weighted by atomic mass is 16.5. The highest BCUT2D eigenvalue weighted by molar-refractivity contribution is 5.95. The van der Waals surface area contributed by atoms with Crippen molar-refractivity contribution in [2.75, 3.05) is 40.0 Å². The molecule has 9 heteroatoms. The summed E-state index contributed by atoms with van der Waals surface area (Å²) in [6.45, 7) is 3.04. The number of esters is 1. The lowest BCUT2D eigenvalue weighted by Crippen LogP contribution is -2.59. The monoisotopic (exact) mass is 498 g/mol. The van der Waals surface area contributed by atoms with E-state index >= 15 is 0 Å². The molecule has 2 aliphatic heterocycles. The predicted molar refractivity (Wildman–Crippen MR) is 130 cm³/mol. The third-order valence-corrected chi connectivity index (χ3v) is 7.00.